The van der Waals surface area contributed by atoms with Crippen LogP contribution in [0.15, 0.2) is 78.9 Å². The second-order valence-corrected chi connectivity index (χ2v) is 9.72. The van der Waals surface area contributed by atoms with E-state index in [1.807, 2.05) is 54.6 Å². The summed E-state index contributed by atoms with van der Waals surface area (Å²) in [4.78, 5) is 14.3. The minimum atomic E-state index is -0.919. The van der Waals surface area contributed by atoms with Gasteiger partial charge in [-0.05, 0) is 76.4 Å². The van der Waals surface area contributed by atoms with E-state index in [4.69, 9.17) is 4.74 Å². The van der Waals surface area contributed by atoms with Crippen molar-refractivity contribution in [2.24, 2.45) is 0 Å². The van der Waals surface area contributed by atoms with Gasteiger partial charge in [-0.2, -0.15) is 0 Å². The van der Waals surface area contributed by atoms with Crippen LogP contribution < -0.4 is 4.74 Å². The Morgan fingerprint density at radius 2 is 1.49 bits per heavy atom. The molecule has 3 aromatic carbocycles. The van der Waals surface area contributed by atoms with Gasteiger partial charge in [-0.25, -0.2) is 4.79 Å². The monoisotopic (exact) mass is 473 g/mol. The van der Waals surface area contributed by atoms with E-state index >= 15 is 0 Å². The summed E-state index contributed by atoms with van der Waals surface area (Å²) in [6, 6.07) is 26.7. The van der Waals surface area contributed by atoms with E-state index in [1.165, 1.54) is 5.56 Å². The van der Waals surface area contributed by atoms with Gasteiger partial charge in [-0.15, -0.1) is 0 Å². The molecule has 0 aliphatic heterocycles. The topological polar surface area (TPSA) is 49.8 Å². The number of carbonyl (C=O) groups is 1. The summed E-state index contributed by atoms with van der Waals surface area (Å²) in [5.74, 6) is -0.108. The zero-order valence-electron chi connectivity index (χ0n) is 21.5. The summed E-state index contributed by atoms with van der Waals surface area (Å²) in [6.07, 6.45) is 3.07. The number of benzene rings is 3. The molecule has 0 saturated carbocycles. The van der Waals surface area contributed by atoms with Crippen molar-refractivity contribution in [3.8, 4) is 5.75 Å². The van der Waals surface area contributed by atoms with Gasteiger partial charge in [-0.3, -0.25) is 4.90 Å². The maximum atomic E-state index is 11.8. The van der Waals surface area contributed by atoms with Crippen LogP contribution in [-0.4, -0.2) is 34.6 Å². The molecule has 1 unspecified atom stereocenters. The Balaban J connectivity index is 1.86. The average Bonchev–Trinajstić information content (AvgIpc) is 2.85. The summed E-state index contributed by atoms with van der Waals surface area (Å²) < 4.78 is 6.27. The van der Waals surface area contributed by atoms with Crippen molar-refractivity contribution < 1.29 is 14.6 Å². The van der Waals surface area contributed by atoms with Crippen molar-refractivity contribution in [2.45, 2.75) is 71.6 Å². The fourth-order valence-electron chi connectivity index (χ4n) is 4.76. The highest BCUT2D eigenvalue weighted by Crippen LogP contribution is 2.37. The molecule has 3 rings (SSSR count). The molecule has 0 heterocycles. The van der Waals surface area contributed by atoms with Gasteiger partial charge in [0.05, 0.1) is 5.56 Å². The predicted molar refractivity (Wildman–Crippen MR) is 143 cm³/mol. The molecule has 186 valence electrons. The number of unbranched alkanes of at least 4 members (excludes halogenated alkanes) is 1. The lowest BCUT2D eigenvalue weighted by atomic mass is 9.85. The Bertz CT molecular complexity index is 1040. The molecule has 4 nitrogen and oxygen atoms in total. The summed E-state index contributed by atoms with van der Waals surface area (Å²) in [6.45, 7) is 10.5. The van der Waals surface area contributed by atoms with Gasteiger partial charge in [0.1, 0.15) is 12.4 Å². The maximum Gasteiger partial charge on any atom is 0.335 e. The zero-order chi connectivity index (χ0) is 25.2. The summed E-state index contributed by atoms with van der Waals surface area (Å²) >= 11 is 0. The summed E-state index contributed by atoms with van der Waals surface area (Å²) in [7, 11) is 0. The molecule has 0 radical (unpaired) electrons. The fourth-order valence-corrected chi connectivity index (χ4v) is 4.76. The first kappa shape index (κ1) is 26.5. The van der Waals surface area contributed by atoms with Crippen LogP contribution >= 0.6 is 0 Å². The molecule has 0 aliphatic rings. The highest BCUT2D eigenvalue weighted by atomic mass is 16.5. The molecule has 0 aliphatic carbocycles. The number of rotatable bonds is 13. The van der Waals surface area contributed by atoms with Crippen LogP contribution in [0.5, 0.6) is 5.75 Å². The third kappa shape index (κ3) is 7.69. The molecule has 0 bridgehead atoms. The number of nitrogens with zero attached hydrogens (tertiary/aromatic N) is 1. The van der Waals surface area contributed by atoms with E-state index in [-0.39, 0.29) is 5.92 Å². The third-order valence-electron chi connectivity index (χ3n) is 6.56. The molecule has 0 aromatic heterocycles. The second-order valence-electron chi connectivity index (χ2n) is 9.72. The van der Waals surface area contributed by atoms with Crippen LogP contribution in [0.4, 0.5) is 0 Å². The van der Waals surface area contributed by atoms with Gasteiger partial charge in [0.25, 0.3) is 0 Å². The highest BCUT2D eigenvalue weighted by molar-refractivity contribution is 5.88. The Morgan fingerprint density at radius 3 is 2.09 bits per heavy atom. The smallest absolute Gasteiger partial charge is 0.335 e. The normalized spacial score (nSPS) is 12.3. The molecule has 4 heteroatoms. The molecule has 0 saturated heterocycles. The number of hydrogen-bond acceptors (Lipinski definition) is 3. The molecule has 3 aromatic rings. The summed E-state index contributed by atoms with van der Waals surface area (Å²) in [5.41, 5.74) is 3.50. The lowest BCUT2D eigenvalue weighted by Crippen LogP contribution is -2.37. The first-order chi connectivity index (χ1) is 16.9. The van der Waals surface area contributed by atoms with Crippen molar-refractivity contribution in [1.29, 1.82) is 0 Å². The van der Waals surface area contributed by atoms with E-state index in [9.17, 15) is 9.90 Å². The molecular weight excluding hydrogens is 434 g/mol. The van der Waals surface area contributed by atoms with Gasteiger partial charge >= 0.3 is 5.97 Å². The van der Waals surface area contributed by atoms with E-state index in [0.717, 1.165) is 42.7 Å². The predicted octanol–water partition coefficient (Wildman–Crippen LogP) is 7.38. The van der Waals surface area contributed by atoms with E-state index in [1.54, 1.807) is 12.1 Å². The van der Waals surface area contributed by atoms with Crippen LogP contribution in [0.2, 0.25) is 0 Å². The van der Waals surface area contributed by atoms with Crippen molar-refractivity contribution >= 4 is 5.97 Å². The van der Waals surface area contributed by atoms with Crippen molar-refractivity contribution in [2.75, 3.05) is 6.54 Å². The minimum Gasteiger partial charge on any atom is -0.489 e. The van der Waals surface area contributed by atoms with Crippen molar-refractivity contribution in [3.63, 3.8) is 0 Å². The first-order valence-electron chi connectivity index (χ1n) is 12.7. The highest BCUT2D eigenvalue weighted by Gasteiger charge is 2.21. The second kappa shape index (κ2) is 13.1. The Kier molecular flexibility index (Phi) is 9.92. The Morgan fingerprint density at radius 1 is 0.857 bits per heavy atom. The summed E-state index contributed by atoms with van der Waals surface area (Å²) in [5, 5.41) is 9.69. The quantitative estimate of drug-likeness (QED) is 0.263. The van der Waals surface area contributed by atoms with Crippen molar-refractivity contribution in [1.82, 2.24) is 4.90 Å². The number of carboxylic acid groups (broad SMARTS) is 1. The van der Waals surface area contributed by atoms with E-state index in [2.05, 4.69) is 44.7 Å². The standard InChI is InChI=1S/C31H39NO3/c1-23(2)32(24(3)4)20-12-11-17-28(26-15-9-6-10-16-26)29-21-27(31(33)34)18-19-30(29)35-22-25-13-7-5-8-14-25/h5-10,13-16,18-19,21,23-24,28H,11-12,17,20,22H2,1-4H3,(H,33,34). The first-order valence-corrected chi connectivity index (χ1v) is 12.7. The molecule has 0 fully saturated rings. The maximum absolute atomic E-state index is 11.8. The van der Waals surface area contributed by atoms with Crippen LogP contribution in [0, 0.1) is 0 Å². The average molecular weight is 474 g/mol. The van der Waals surface area contributed by atoms with Gasteiger partial charge in [0.15, 0.2) is 0 Å². The molecule has 1 atom stereocenters. The SMILES string of the molecule is CC(C)N(CCCCC(c1ccccc1)c1cc(C(=O)O)ccc1OCc1ccccc1)C(C)C. The Labute approximate surface area is 210 Å². The number of ether oxygens (including phenoxy) is 1. The zero-order valence-corrected chi connectivity index (χ0v) is 21.5. The van der Waals surface area contributed by atoms with Crippen LogP contribution in [0.25, 0.3) is 0 Å². The van der Waals surface area contributed by atoms with Crippen LogP contribution in [0.3, 0.4) is 0 Å². The fraction of sp³-hybridized carbons (Fsp3) is 0.387. The van der Waals surface area contributed by atoms with Crippen molar-refractivity contribution in [3.05, 3.63) is 101 Å². The minimum absolute atomic E-state index is 0.0628. The van der Waals surface area contributed by atoms with Crippen LogP contribution in [0.1, 0.15) is 79.9 Å². The van der Waals surface area contributed by atoms with E-state index < -0.39 is 5.97 Å². The number of carboxylic acids is 1. The number of hydrogen-bond donors (Lipinski definition) is 1. The Hall–Kier alpha value is -3.11. The van der Waals surface area contributed by atoms with Gasteiger partial charge in [0.2, 0.25) is 0 Å². The van der Waals surface area contributed by atoms with Crippen LogP contribution in [-0.2, 0) is 6.61 Å². The van der Waals surface area contributed by atoms with Gasteiger partial charge < -0.3 is 9.84 Å². The molecule has 0 spiro atoms. The lowest BCUT2D eigenvalue weighted by Gasteiger charge is -2.30. The molecule has 0 amide bonds. The van der Waals surface area contributed by atoms with Gasteiger partial charge in [0, 0.05) is 23.6 Å². The third-order valence-corrected chi connectivity index (χ3v) is 6.56. The molecule has 35 heavy (non-hydrogen) atoms. The largest absolute Gasteiger partial charge is 0.489 e. The molecular formula is C31H39NO3. The number of aromatic carboxylic acids is 1. The molecule has 1 N–H and O–H groups in total. The lowest BCUT2D eigenvalue weighted by molar-refractivity contribution is 0.0696. The van der Waals surface area contributed by atoms with E-state index in [0.29, 0.717) is 24.3 Å². The van der Waals surface area contributed by atoms with Gasteiger partial charge in [-0.1, -0.05) is 67.1 Å².